The van der Waals surface area contributed by atoms with E-state index in [1.54, 1.807) is 0 Å². The Kier molecular flexibility index (Phi) is 5.57. The quantitative estimate of drug-likeness (QED) is 0.852. The maximum absolute atomic E-state index is 13.1. The van der Waals surface area contributed by atoms with Crippen molar-refractivity contribution in [1.29, 1.82) is 0 Å². The van der Waals surface area contributed by atoms with Gasteiger partial charge in [0.25, 0.3) is 0 Å². The molecule has 0 fully saturated rings. The molecule has 1 aromatic carbocycles. The van der Waals surface area contributed by atoms with Gasteiger partial charge in [0, 0.05) is 33.9 Å². The fraction of sp³-hybridized carbons (Fsp3) is 0.550. The van der Waals surface area contributed by atoms with E-state index in [9.17, 15) is 4.79 Å². The molecular formula is C20H28N2OS. The van der Waals surface area contributed by atoms with Gasteiger partial charge in [0.2, 0.25) is 0 Å². The topological polar surface area (TPSA) is 32.3 Å². The molecule has 2 aromatic rings. The summed E-state index contributed by atoms with van der Waals surface area (Å²) in [5, 5.41) is 4.44. The summed E-state index contributed by atoms with van der Waals surface area (Å²) in [6.07, 6.45) is 4.39. The van der Waals surface area contributed by atoms with Crippen molar-refractivity contribution in [2.45, 2.75) is 46.5 Å². The van der Waals surface area contributed by atoms with E-state index in [1.807, 2.05) is 11.3 Å². The molecule has 3 rings (SSSR count). The van der Waals surface area contributed by atoms with Crippen molar-refractivity contribution in [2.75, 3.05) is 31.5 Å². The second-order valence-electron chi connectivity index (χ2n) is 6.63. The van der Waals surface area contributed by atoms with Crippen LogP contribution in [0.5, 0.6) is 0 Å². The van der Waals surface area contributed by atoms with Crippen molar-refractivity contribution in [2.24, 2.45) is 0 Å². The number of hydrogen-bond acceptors (Lipinski definition) is 4. The largest absolute Gasteiger partial charge is 0.383 e. The summed E-state index contributed by atoms with van der Waals surface area (Å²) < 4.78 is 1.17. The molecular weight excluding hydrogens is 316 g/mol. The summed E-state index contributed by atoms with van der Waals surface area (Å²) >= 11 is 1.84. The monoisotopic (exact) mass is 344 g/mol. The van der Waals surface area contributed by atoms with Gasteiger partial charge in [0.1, 0.15) is 0 Å². The predicted octanol–water partition coefficient (Wildman–Crippen LogP) is 4.20. The summed E-state index contributed by atoms with van der Waals surface area (Å²) in [6, 6.07) is 4.23. The first-order valence-corrected chi connectivity index (χ1v) is 10.0. The highest BCUT2D eigenvalue weighted by atomic mass is 32.1. The highest BCUT2D eigenvalue weighted by Gasteiger charge is 2.18. The number of nitrogens with one attached hydrogen (secondary N) is 1. The average molecular weight is 345 g/mol. The van der Waals surface area contributed by atoms with Crippen molar-refractivity contribution < 1.29 is 0 Å². The third-order valence-corrected chi connectivity index (χ3v) is 6.56. The van der Waals surface area contributed by atoms with E-state index in [1.165, 1.54) is 21.6 Å². The van der Waals surface area contributed by atoms with E-state index in [2.05, 4.69) is 43.1 Å². The second-order valence-corrected chi connectivity index (χ2v) is 7.73. The van der Waals surface area contributed by atoms with Crippen LogP contribution >= 0.6 is 11.3 Å². The molecule has 0 amide bonds. The molecule has 24 heavy (non-hydrogen) atoms. The first-order chi connectivity index (χ1) is 11.7. The Hall–Kier alpha value is -1.39. The Balaban J connectivity index is 1.97. The maximum atomic E-state index is 13.1. The minimum Gasteiger partial charge on any atom is -0.383 e. The van der Waals surface area contributed by atoms with Crippen molar-refractivity contribution in [1.82, 2.24) is 4.90 Å². The van der Waals surface area contributed by atoms with Crippen LogP contribution in [0, 0.1) is 6.92 Å². The van der Waals surface area contributed by atoms with Crippen molar-refractivity contribution in [3.8, 4) is 0 Å². The first kappa shape index (κ1) is 17.4. The smallest absolute Gasteiger partial charge is 0.193 e. The number of fused-ring (bicyclic) bond motifs is 2. The fourth-order valence-corrected chi connectivity index (χ4v) is 4.93. The van der Waals surface area contributed by atoms with Gasteiger partial charge in [-0.3, -0.25) is 4.79 Å². The molecule has 0 saturated heterocycles. The zero-order valence-corrected chi connectivity index (χ0v) is 15.9. The first-order valence-electron chi connectivity index (χ1n) is 9.20. The van der Waals surface area contributed by atoms with Crippen LogP contribution in [0.25, 0.3) is 10.1 Å². The average Bonchev–Trinajstić information content (AvgIpc) is 2.61. The highest BCUT2D eigenvalue weighted by Crippen LogP contribution is 2.33. The zero-order chi connectivity index (χ0) is 17.1. The standard InChI is InChI=1S/C20H28N2OS/c1-4-22(5-2)13-12-21-16-11-10-14(3)20-18(16)19(23)15-8-6-7-9-17(15)24-20/h10-11,21H,4-9,12-13H2,1-3H3. The molecule has 0 aliphatic heterocycles. The van der Waals surface area contributed by atoms with Crippen LogP contribution in [0.1, 0.15) is 42.7 Å². The van der Waals surface area contributed by atoms with Gasteiger partial charge in [0.05, 0.1) is 5.39 Å². The van der Waals surface area contributed by atoms with Crippen LogP contribution in [0.3, 0.4) is 0 Å². The molecule has 130 valence electrons. The summed E-state index contributed by atoms with van der Waals surface area (Å²) in [6.45, 7) is 10.5. The fourth-order valence-electron chi connectivity index (χ4n) is 3.58. The number of rotatable bonds is 6. The molecule has 3 nitrogen and oxygen atoms in total. The number of anilines is 1. The molecule has 0 radical (unpaired) electrons. The van der Waals surface area contributed by atoms with Gasteiger partial charge in [-0.25, -0.2) is 0 Å². The lowest BCUT2D eigenvalue weighted by Crippen LogP contribution is -2.28. The molecule has 0 unspecified atom stereocenters. The third-order valence-electron chi connectivity index (χ3n) is 5.14. The Morgan fingerprint density at radius 2 is 1.92 bits per heavy atom. The maximum Gasteiger partial charge on any atom is 0.193 e. The molecule has 1 aliphatic carbocycles. The van der Waals surface area contributed by atoms with Crippen LogP contribution in [0.4, 0.5) is 5.69 Å². The molecule has 0 spiro atoms. The molecule has 1 aliphatic rings. The van der Waals surface area contributed by atoms with E-state index in [4.69, 9.17) is 0 Å². The van der Waals surface area contributed by atoms with Gasteiger partial charge >= 0.3 is 0 Å². The number of benzene rings is 1. The van der Waals surface area contributed by atoms with Gasteiger partial charge < -0.3 is 10.2 Å². The summed E-state index contributed by atoms with van der Waals surface area (Å²) in [5.74, 6) is 0. The third kappa shape index (κ3) is 3.35. The molecule has 0 atom stereocenters. The van der Waals surface area contributed by atoms with Gasteiger partial charge in [-0.05, 0) is 57.3 Å². The molecule has 1 N–H and O–H groups in total. The minimum atomic E-state index is 0.271. The number of nitrogens with zero attached hydrogens (tertiary/aromatic N) is 1. The van der Waals surface area contributed by atoms with Gasteiger partial charge in [-0.1, -0.05) is 19.9 Å². The van der Waals surface area contributed by atoms with E-state index >= 15 is 0 Å². The van der Waals surface area contributed by atoms with Crippen LogP contribution in [0.2, 0.25) is 0 Å². The predicted molar refractivity (Wildman–Crippen MR) is 106 cm³/mol. The van der Waals surface area contributed by atoms with Crippen molar-refractivity contribution in [3.63, 3.8) is 0 Å². The minimum absolute atomic E-state index is 0.271. The lowest BCUT2D eigenvalue weighted by atomic mass is 9.97. The Labute approximate surface area is 148 Å². The highest BCUT2D eigenvalue weighted by molar-refractivity contribution is 7.18. The van der Waals surface area contributed by atoms with E-state index < -0.39 is 0 Å². The Morgan fingerprint density at radius 1 is 1.17 bits per heavy atom. The molecule has 0 bridgehead atoms. The number of likely N-dealkylation sites (N-methyl/N-ethyl adjacent to an activating group) is 1. The lowest BCUT2D eigenvalue weighted by Gasteiger charge is -2.20. The zero-order valence-electron chi connectivity index (χ0n) is 15.1. The Morgan fingerprint density at radius 3 is 2.67 bits per heavy atom. The molecule has 1 heterocycles. The number of aryl methyl sites for hydroxylation is 2. The second kappa shape index (κ2) is 7.66. The normalized spacial score (nSPS) is 14.2. The van der Waals surface area contributed by atoms with Crippen LogP contribution in [-0.2, 0) is 12.8 Å². The molecule has 4 heteroatoms. The van der Waals surface area contributed by atoms with E-state index in [0.717, 1.165) is 62.1 Å². The van der Waals surface area contributed by atoms with Crippen molar-refractivity contribution in [3.05, 3.63) is 38.4 Å². The lowest BCUT2D eigenvalue weighted by molar-refractivity contribution is 0.316. The van der Waals surface area contributed by atoms with Gasteiger partial charge in [-0.15, -0.1) is 11.3 Å². The summed E-state index contributed by atoms with van der Waals surface area (Å²) in [4.78, 5) is 16.8. The molecule has 0 saturated carbocycles. The van der Waals surface area contributed by atoms with Crippen molar-refractivity contribution >= 4 is 27.1 Å². The SMILES string of the molecule is CCN(CC)CCNc1ccc(C)c2sc3c(c(=O)c12)CCCC3. The van der Waals surface area contributed by atoms with Crippen LogP contribution < -0.4 is 10.7 Å². The summed E-state index contributed by atoms with van der Waals surface area (Å²) in [5.41, 5.74) is 3.58. The van der Waals surface area contributed by atoms with Crippen LogP contribution in [0.15, 0.2) is 16.9 Å². The van der Waals surface area contributed by atoms with E-state index in [0.29, 0.717) is 0 Å². The summed E-state index contributed by atoms with van der Waals surface area (Å²) in [7, 11) is 0. The van der Waals surface area contributed by atoms with Gasteiger partial charge in [-0.2, -0.15) is 0 Å². The molecule has 1 aromatic heterocycles. The Bertz CT molecular complexity index is 777. The van der Waals surface area contributed by atoms with Gasteiger partial charge in [0.15, 0.2) is 5.43 Å². The van der Waals surface area contributed by atoms with Crippen LogP contribution in [-0.4, -0.2) is 31.1 Å². The van der Waals surface area contributed by atoms with E-state index in [-0.39, 0.29) is 5.43 Å². The number of hydrogen-bond donors (Lipinski definition) is 1.